The fraction of sp³-hybridized carbons (Fsp3) is 0.435. The van der Waals surface area contributed by atoms with E-state index >= 15 is 0 Å². The van der Waals surface area contributed by atoms with Crippen molar-refractivity contribution in [3.8, 4) is 5.75 Å². The number of benzene rings is 2. The van der Waals surface area contributed by atoms with Gasteiger partial charge in [-0.15, -0.1) is 0 Å². The average Bonchev–Trinajstić information content (AvgIpc) is 2.66. The molecule has 0 saturated carbocycles. The highest BCUT2D eigenvalue weighted by atomic mass is 35.5. The third-order valence-electron chi connectivity index (χ3n) is 5.11. The molecule has 1 N–H and O–H groups in total. The number of rotatable bonds is 7. The van der Waals surface area contributed by atoms with Crippen molar-refractivity contribution in [1.82, 2.24) is 5.32 Å². The van der Waals surface area contributed by atoms with Gasteiger partial charge in [0.1, 0.15) is 11.8 Å². The Labute approximate surface area is 190 Å². The minimum absolute atomic E-state index is 0.0369. The molecule has 2 aromatic carbocycles. The Morgan fingerprint density at radius 2 is 1.68 bits per heavy atom. The molecular formula is C23H31ClN2O4S. The van der Waals surface area contributed by atoms with Crippen LogP contribution in [0.1, 0.15) is 51.8 Å². The van der Waals surface area contributed by atoms with E-state index in [4.69, 9.17) is 16.3 Å². The fourth-order valence-corrected chi connectivity index (χ4v) is 4.71. The van der Waals surface area contributed by atoms with E-state index in [2.05, 4.69) is 26.1 Å². The molecule has 0 bridgehead atoms. The second-order valence-corrected chi connectivity index (χ2v) is 10.9. The minimum Gasteiger partial charge on any atom is -0.495 e. The van der Waals surface area contributed by atoms with Crippen LogP contribution in [0, 0.1) is 0 Å². The zero-order valence-corrected chi connectivity index (χ0v) is 20.6. The first kappa shape index (κ1) is 25.0. The van der Waals surface area contributed by atoms with Gasteiger partial charge >= 0.3 is 0 Å². The molecule has 0 aliphatic heterocycles. The van der Waals surface area contributed by atoms with Crippen LogP contribution < -0.4 is 14.4 Å². The highest BCUT2D eigenvalue weighted by Crippen LogP contribution is 2.31. The zero-order chi connectivity index (χ0) is 23.6. The summed E-state index contributed by atoms with van der Waals surface area (Å²) in [5, 5.41) is 3.17. The third kappa shape index (κ3) is 6.14. The van der Waals surface area contributed by atoms with E-state index in [0.717, 1.165) is 16.1 Å². The summed E-state index contributed by atoms with van der Waals surface area (Å²) in [6, 6.07) is 11.4. The van der Waals surface area contributed by atoms with Crippen molar-refractivity contribution >= 4 is 33.2 Å². The van der Waals surface area contributed by atoms with Gasteiger partial charge in [0, 0.05) is 0 Å². The summed E-state index contributed by atoms with van der Waals surface area (Å²) in [6.07, 6.45) is 1.06. The van der Waals surface area contributed by atoms with E-state index in [1.807, 2.05) is 31.2 Å². The van der Waals surface area contributed by atoms with Crippen LogP contribution >= 0.6 is 11.6 Å². The number of nitrogens with zero attached hydrogens (tertiary/aromatic N) is 1. The molecule has 0 unspecified atom stereocenters. The molecule has 0 aliphatic carbocycles. The summed E-state index contributed by atoms with van der Waals surface area (Å²) < 4.78 is 31.2. The molecule has 6 nitrogen and oxygen atoms in total. The van der Waals surface area contributed by atoms with Crippen LogP contribution in [-0.4, -0.2) is 33.7 Å². The van der Waals surface area contributed by atoms with Crippen LogP contribution in [0.25, 0.3) is 0 Å². The van der Waals surface area contributed by atoms with Gasteiger partial charge in [-0.05, 0) is 48.6 Å². The normalized spacial score (nSPS) is 13.9. The number of halogens is 1. The molecule has 2 atom stereocenters. The maximum absolute atomic E-state index is 12.9. The predicted molar refractivity (Wildman–Crippen MR) is 126 cm³/mol. The minimum atomic E-state index is -3.75. The number of sulfonamides is 1. The Kier molecular flexibility index (Phi) is 7.66. The summed E-state index contributed by atoms with van der Waals surface area (Å²) in [5.41, 5.74) is 2.46. The summed E-state index contributed by atoms with van der Waals surface area (Å²) in [6.45, 7) is 9.83. The monoisotopic (exact) mass is 466 g/mol. The lowest BCUT2D eigenvalue weighted by Gasteiger charge is -2.29. The molecule has 0 heterocycles. The molecule has 0 fully saturated rings. The van der Waals surface area contributed by atoms with Gasteiger partial charge in [0.25, 0.3) is 0 Å². The Balaban J connectivity index is 2.24. The van der Waals surface area contributed by atoms with Gasteiger partial charge in [0.05, 0.1) is 30.1 Å². The highest BCUT2D eigenvalue weighted by molar-refractivity contribution is 7.92. The Morgan fingerprint density at radius 1 is 1.10 bits per heavy atom. The van der Waals surface area contributed by atoms with E-state index in [1.165, 1.54) is 18.7 Å². The van der Waals surface area contributed by atoms with Gasteiger partial charge in [0.2, 0.25) is 15.9 Å². The van der Waals surface area contributed by atoms with Crippen molar-refractivity contribution in [2.45, 2.75) is 52.1 Å². The first-order valence-electron chi connectivity index (χ1n) is 9.99. The number of carbonyl (C=O) groups excluding carboxylic acids is 1. The van der Waals surface area contributed by atoms with Crippen molar-refractivity contribution in [1.29, 1.82) is 0 Å². The van der Waals surface area contributed by atoms with Crippen molar-refractivity contribution < 1.29 is 17.9 Å². The first-order chi connectivity index (χ1) is 14.3. The second-order valence-electron chi connectivity index (χ2n) is 8.66. The Bertz CT molecular complexity index is 1030. The van der Waals surface area contributed by atoms with Gasteiger partial charge in [-0.3, -0.25) is 9.10 Å². The summed E-state index contributed by atoms with van der Waals surface area (Å²) in [4.78, 5) is 12.9. The molecule has 2 rings (SSSR count). The molecule has 2 aromatic rings. The number of methoxy groups -OCH3 is 1. The van der Waals surface area contributed by atoms with E-state index < -0.39 is 22.0 Å². The molecule has 8 heteroatoms. The third-order valence-corrected chi connectivity index (χ3v) is 6.65. The summed E-state index contributed by atoms with van der Waals surface area (Å²) in [5.74, 6) is 0.00746. The molecule has 0 aliphatic rings. The molecule has 0 spiro atoms. The maximum atomic E-state index is 12.9. The highest BCUT2D eigenvalue weighted by Gasteiger charge is 2.30. The molecule has 0 aromatic heterocycles. The lowest BCUT2D eigenvalue weighted by molar-refractivity contribution is -0.122. The maximum Gasteiger partial charge on any atom is 0.244 e. The lowest BCUT2D eigenvalue weighted by Crippen LogP contribution is -2.48. The molecule has 0 radical (unpaired) electrons. The van der Waals surface area contributed by atoms with Gasteiger partial charge in [-0.2, -0.15) is 0 Å². The van der Waals surface area contributed by atoms with Crippen LogP contribution in [0.3, 0.4) is 0 Å². The van der Waals surface area contributed by atoms with E-state index in [0.29, 0.717) is 5.75 Å². The zero-order valence-electron chi connectivity index (χ0n) is 19.1. The Hall–Kier alpha value is -2.25. The van der Waals surface area contributed by atoms with Crippen molar-refractivity contribution in [3.05, 3.63) is 58.6 Å². The van der Waals surface area contributed by atoms with Gasteiger partial charge < -0.3 is 10.1 Å². The van der Waals surface area contributed by atoms with Crippen molar-refractivity contribution in [3.63, 3.8) is 0 Å². The SMILES string of the molecule is COc1ccc(N([C@H](C)C(=O)N[C@@H](C)c2ccc(C(C)(C)C)cc2)S(C)(=O)=O)cc1Cl. The van der Waals surface area contributed by atoms with E-state index in [9.17, 15) is 13.2 Å². The second kappa shape index (κ2) is 9.49. The average molecular weight is 467 g/mol. The van der Waals surface area contributed by atoms with Gasteiger partial charge in [0.15, 0.2) is 0 Å². The molecular weight excluding hydrogens is 436 g/mol. The molecule has 170 valence electrons. The number of nitrogens with one attached hydrogen (secondary N) is 1. The predicted octanol–water partition coefficient (Wildman–Crippen LogP) is 4.68. The molecule has 31 heavy (non-hydrogen) atoms. The van der Waals surface area contributed by atoms with Crippen molar-refractivity contribution in [2.24, 2.45) is 0 Å². The van der Waals surface area contributed by atoms with Gasteiger partial charge in [-0.1, -0.05) is 56.6 Å². The van der Waals surface area contributed by atoms with Crippen LogP contribution in [0.4, 0.5) is 5.69 Å². The van der Waals surface area contributed by atoms with Crippen molar-refractivity contribution in [2.75, 3.05) is 17.7 Å². The van der Waals surface area contributed by atoms with Crippen LogP contribution in [0.5, 0.6) is 5.75 Å². The number of carbonyl (C=O) groups is 1. The van der Waals surface area contributed by atoms with Gasteiger partial charge in [-0.25, -0.2) is 8.42 Å². The standard InChI is InChI=1S/C23H31ClN2O4S/c1-15(17-8-10-18(11-9-17)23(3,4)5)25-22(27)16(2)26(31(7,28)29)19-12-13-21(30-6)20(24)14-19/h8-16H,1-7H3,(H,25,27)/t15-,16+/m0/s1. The largest absolute Gasteiger partial charge is 0.495 e. The van der Waals surface area contributed by atoms with Crippen LogP contribution in [0.2, 0.25) is 5.02 Å². The first-order valence-corrected chi connectivity index (χ1v) is 12.2. The number of hydrogen-bond acceptors (Lipinski definition) is 4. The van der Waals surface area contributed by atoms with Crippen LogP contribution in [0.15, 0.2) is 42.5 Å². The summed E-state index contributed by atoms with van der Waals surface area (Å²) in [7, 11) is -2.28. The quantitative estimate of drug-likeness (QED) is 0.642. The van der Waals surface area contributed by atoms with E-state index in [-0.39, 0.29) is 22.2 Å². The lowest BCUT2D eigenvalue weighted by atomic mass is 9.86. The summed E-state index contributed by atoms with van der Waals surface area (Å²) >= 11 is 6.17. The molecule has 1 amide bonds. The number of anilines is 1. The van der Waals surface area contributed by atoms with E-state index in [1.54, 1.807) is 19.1 Å². The Morgan fingerprint density at radius 3 is 2.13 bits per heavy atom. The topological polar surface area (TPSA) is 75.7 Å². The number of hydrogen-bond donors (Lipinski definition) is 1. The van der Waals surface area contributed by atoms with Crippen LogP contribution in [-0.2, 0) is 20.2 Å². The molecule has 0 saturated heterocycles. The smallest absolute Gasteiger partial charge is 0.244 e. The number of ether oxygens (including phenoxy) is 1. The number of amides is 1. The fourth-order valence-electron chi connectivity index (χ4n) is 3.29.